The molecule has 2 heterocycles. The van der Waals surface area contributed by atoms with Crippen LogP contribution in [-0.4, -0.2) is 9.97 Å². The third-order valence-corrected chi connectivity index (χ3v) is 2.70. The van der Waals surface area contributed by atoms with Crippen molar-refractivity contribution in [2.45, 2.75) is 0 Å². The van der Waals surface area contributed by atoms with Crippen LogP contribution in [0.4, 0.5) is 4.39 Å². The lowest BCUT2D eigenvalue weighted by molar-refractivity contribution is 0.622. The quantitative estimate of drug-likeness (QED) is 0.742. The normalized spacial score (nSPS) is 10.9. The fourth-order valence-electron chi connectivity index (χ4n) is 1.02. The largest absolute Gasteiger partial charge is 0.359 e. The first-order chi connectivity index (χ1) is 5.70. The van der Waals surface area contributed by atoms with Gasteiger partial charge in [-0.2, -0.15) is 0 Å². The average molecular weight is 294 g/mol. The molecule has 0 amide bonds. The maximum Gasteiger partial charge on any atom is 0.180 e. The summed E-state index contributed by atoms with van der Waals surface area (Å²) in [6.07, 6.45) is 1.67. The number of nitrogens with zero attached hydrogens (tertiary/aromatic N) is 1. The molecule has 0 saturated heterocycles. The summed E-state index contributed by atoms with van der Waals surface area (Å²) in [6, 6.07) is 1.77. The van der Waals surface area contributed by atoms with E-state index in [9.17, 15) is 4.39 Å². The van der Waals surface area contributed by atoms with Gasteiger partial charge in [-0.1, -0.05) is 0 Å². The Hall–Kier alpha value is -0.420. The number of hydrogen-bond donors (Lipinski definition) is 1. The van der Waals surface area contributed by atoms with Gasteiger partial charge >= 0.3 is 0 Å². The summed E-state index contributed by atoms with van der Waals surface area (Å²) < 4.78 is 14.1. The zero-order chi connectivity index (χ0) is 8.72. The fraction of sp³-hybridized carbons (Fsp3) is 0. The fourth-order valence-corrected chi connectivity index (χ4v) is 2.14. The van der Waals surface area contributed by atoms with Crippen molar-refractivity contribution in [1.29, 1.82) is 0 Å². The number of aromatic nitrogens is 2. The van der Waals surface area contributed by atoms with Crippen LogP contribution in [0.15, 0.2) is 21.5 Å². The van der Waals surface area contributed by atoms with Gasteiger partial charge in [0.25, 0.3) is 0 Å². The molecule has 5 heteroatoms. The number of rotatable bonds is 0. The van der Waals surface area contributed by atoms with E-state index in [2.05, 4.69) is 41.8 Å². The summed E-state index contributed by atoms with van der Waals surface area (Å²) in [7, 11) is 0. The molecule has 12 heavy (non-hydrogen) atoms. The molecule has 0 bridgehead atoms. The van der Waals surface area contributed by atoms with Crippen molar-refractivity contribution in [3.63, 3.8) is 0 Å². The minimum absolute atomic E-state index is 0.212. The van der Waals surface area contributed by atoms with Crippen molar-refractivity contribution in [3.8, 4) is 0 Å². The number of aromatic amines is 1. The maximum atomic E-state index is 13.3. The van der Waals surface area contributed by atoms with E-state index in [4.69, 9.17) is 0 Å². The molecule has 0 saturated carbocycles. The molecule has 0 atom stereocenters. The zero-order valence-corrected chi connectivity index (χ0v) is 8.91. The van der Waals surface area contributed by atoms with E-state index in [-0.39, 0.29) is 10.4 Å². The molecule has 0 spiro atoms. The van der Waals surface area contributed by atoms with E-state index >= 15 is 0 Å². The zero-order valence-electron chi connectivity index (χ0n) is 5.74. The van der Waals surface area contributed by atoms with Crippen LogP contribution in [0.3, 0.4) is 0 Å². The molecule has 2 aromatic rings. The number of pyridine rings is 1. The standard InChI is InChI=1S/C7H3Br2FN2/c8-6-3-1-2-11-5(3)4(10)7(9)12-6/h1-2,11H. The average Bonchev–Trinajstić information content (AvgIpc) is 2.48. The van der Waals surface area contributed by atoms with E-state index in [0.29, 0.717) is 10.1 Å². The van der Waals surface area contributed by atoms with Gasteiger partial charge in [0.15, 0.2) is 5.82 Å². The monoisotopic (exact) mass is 292 g/mol. The molecule has 2 aromatic heterocycles. The van der Waals surface area contributed by atoms with E-state index in [1.54, 1.807) is 12.3 Å². The smallest absolute Gasteiger partial charge is 0.180 e. The lowest BCUT2D eigenvalue weighted by Gasteiger charge is -1.97. The highest BCUT2D eigenvalue weighted by Crippen LogP contribution is 2.27. The van der Waals surface area contributed by atoms with Gasteiger partial charge in [0.05, 0.1) is 5.52 Å². The van der Waals surface area contributed by atoms with Crippen LogP contribution in [0.2, 0.25) is 0 Å². The predicted molar refractivity (Wildman–Crippen MR) is 51.5 cm³/mol. The third kappa shape index (κ3) is 1.08. The second-order valence-corrected chi connectivity index (χ2v) is 3.78. The summed E-state index contributed by atoms with van der Waals surface area (Å²) in [5, 5.41) is 0.746. The lowest BCUT2D eigenvalue weighted by atomic mass is 10.3. The highest BCUT2D eigenvalue weighted by atomic mass is 79.9. The Kier molecular flexibility index (Phi) is 1.92. The molecule has 2 rings (SSSR count). The molecule has 1 N–H and O–H groups in total. The molecule has 0 aliphatic rings. The van der Waals surface area contributed by atoms with E-state index in [1.807, 2.05) is 0 Å². The van der Waals surface area contributed by atoms with Crippen LogP contribution in [0.5, 0.6) is 0 Å². The molecule has 0 radical (unpaired) electrons. The lowest BCUT2D eigenvalue weighted by Crippen LogP contribution is -1.86. The second kappa shape index (κ2) is 2.81. The summed E-state index contributed by atoms with van der Waals surface area (Å²) in [4.78, 5) is 6.71. The van der Waals surface area contributed by atoms with Gasteiger partial charge in [0, 0.05) is 11.6 Å². The van der Waals surface area contributed by atoms with Gasteiger partial charge in [-0.05, 0) is 37.9 Å². The highest BCUT2D eigenvalue weighted by molar-refractivity contribution is 9.11. The Morgan fingerprint density at radius 3 is 2.83 bits per heavy atom. The van der Waals surface area contributed by atoms with Crippen LogP contribution in [0.1, 0.15) is 0 Å². The van der Waals surface area contributed by atoms with Crippen LogP contribution < -0.4 is 0 Å². The van der Waals surface area contributed by atoms with Crippen molar-refractivity contribution in [3.05, 3.63) is 27.3 Å². The van der Waals surface area contributed by atoms with Gasteiger partial charge in [0.2, 0.25) is 0 Å². The predicted octanol–water partition coefficient (Wildman–Crippen LogP) is 3.23. The summed E-state index contributed by atoms with van der Waals surface area (Å²) >= 11 is 6.25. The number of halogens is 3. The molecule has 0 fully saturated rings. The summed E-state index contributed by atoms with van der Waals surface area (Å²) in [5.41, 5.74) is 0.462. The van der Waals surface area contributed by atoms with Crippen molar-refractivity contribution in [2.24, 2.45) is 0 Å². The van der Waals surface area contributed by atoms with Crippen molar-refractivity contribution in [2.75, 3.05) is 0 Å². The summed E-state index contributed by atoms with van der Waals surface area (Å²) in [6.45, 7) is 0. The molecular formula is C7H3Br2FN2. The Morgan fingerprint density at radius 2 is 2.08 bits per heavy atom. The number of fused-ring (bicyclic) bond motifs is 1. The topological polar surface area (TPSA) is 28.7 Å². The van der Waals surface area contributed by atoms with Crippen LogP contribution in [-0.2, 0) is 0 Å². The van der Waals surface area contributed by atoms with E-state index in [1.165, 1.54) is 0 Å². The first kappa shape index (κ1) is 8.19. The number of nitrogens with one attached hydrogen (secondary N) is 1. The maximum absolute atomic E-state index is 13.3. The Morgan fingerprint density at radius 1 is 1.33 bits per heavy atom. The Bertz CT molecular complexity index is 438. The van der Waals surface area contributed by atoms with Crippen molar-refractivity contribution < 1.29 is 4.39 Å². The van der Waals surface area contributed by atoms with Gasteiger partial charge < -0.3 is 4.98 Å². The molecule has 2 nitrogen and oxygen atoms in total. The highest BCUT2D eigenvalue weighted by Gasteiger charge is 2.10. The van der Waals surface area contributed by atoms with Crippen LogP contribution in [0, 0.1) is 5.82 Å². The second-order valence-electron chi connectivity index (χ2n) is 2.27. The Labute approximate surface area is 84.4 Å². The minimum atomic E-state index is -0.363. The van der Waals surface area contributed by atoms with Crippen LogP contribution in [0.25, 0.3) is 10.9 Å². The molecule has 62 valence electrons. The molecule has 0 aliphatic heterocycles. The molecule has 0 unspecified atom stereocenters. The van der Waals surface area contributed by atoms with Gasteiger partial charge in [-0.15, -0.1) is 0 Å². The minimum Gasteiger partial charge on any atom is -0.359 e. The van der Waals surface area contributed by atoms with Crippen molar-refractivity contribution in [1.82, 2.24) is 9.97 Å². The van der Waals surface area contributed by atoms with Crippen LogP contribution >= 0.6 is 31.9 Å². The first-order valence-corrected chi connectivity index (χ1v) is 4.76. The number of H-pyrrole nitrogens is 1. The van der Waals surface area contributed by atoms with E-state index < -0.39 is 0 Å². The summed E-state index contributed by atoms with van der Waals surface area (Å²) in [5.74, 6) is -0.363. The number of hydrogen-bond acceptors (Lipinski definition) is 1. The van der Waals surface area contributed by atoms with Gasteiger partial charge in [-0.3, -0.25) is 0 Å². The first-order valence-electron chi connectivity index (χ1n) is 3.17. The Balaban J connectivity index is 2.97. The van der Waals surface area contributed by atoms with Gasteiger partial charge in [-0.25, -0.2) is 9.37 Å². The van der Waals surface area contributed by atoms with Gasteiger partial charge in [0.1, 0.15) is 9.21 Å². The SMILES string of the molecule is Fc1c(Br)nc(Br)c2cc[nH]c12. The van der Waals surface area contributed by atoms with Crippen molar-refractivity contribution >= 4 is 42.8 Å². The van der Waals surface area contributed by atoms with E-state index in [0.717, 1.165) is 5.39 Å². The third-order valence-electron chi connectivity index (χ3n) is 1.57. The molecule has 0 aliphatic carbocycles. The molecular weight excluding hydrogens is 291 g/mol. The molecule has 0 aromatic carbocycles.